The lowest BCUT2D eigenvalue weighted by molar-refractivity contribution is -0.715. The molecule has 1 N–H and O–H groups in total. The summed E-state index contributed by atoms with van der Waals surface area (Å²) in [4.78, 5) is 29.5. The number of piperazine rings is 1. The summed E-state index contributed by atoms with van der Waals surface area (Å²) in [6, 6.07) is 10.8. The first kappa shape index (κ1) is 18.6. The molecular weight excluding hydrogens is 380 g/mol. The second kappa shape index (κ2) is 7.36. The Kier molecular flexibility index (Phi) is 4.90. The minimum absolute atomic E-state index is 0.0244. The molecule has 0 spiro atoms. The van der Waals surface area contributed by atoms with E-state index in [4.69, 9.17) is 0 Å². The van der Waals surface area contributed by atoms with Crippen molar-refractivity contribution in [2.24, 2.45) is 7.05 Å². The number of pyridine rings is 1. The van der Waals surface area contributed by atoms with Gasteiger partial charge in [-0.05, 0) is 17.5 Å². The molecule has 1 aliphatic heterocycles. The number of fused-ring (bicyclic) bond motifs is 1. The number of nitrogens with one attached hydrogen (secondary N) is 1. The molecular formula is C19H19N4O4S-. The number of quaternary nitrogens is 1. The molecule has 1 aromatic carbocycles. The molecule has 0 atom stereocenters. The van der Waals surface area contributed by atoms with Gasteiger partial charge in [0.05, 0.1) is 10.4 Å². The Balaban J connectivity index is 1.70. The van der Waals surface area contributed by atoms with Crippen LogP contribution in [0.2, 0.25) is 0 Å². The summed E-state index contributed by atoms with van der Waals surface area (Å²) in [5, 5.41) is 24.6. The molecule has 0 bridgehead atoms. The second-order valence-electron chi connectivity index (χ2n) is 6.65. The lowest BCUT2D eigenvalue weighted by Gasteiger charge is -2.38. The van der Waals surface area contributed by atoms with Gasteiger partial charge in [-0.25, -0.2) is 0 Å². The quantitative estimate of drug-likeness (QED) is 0.665. The number of amides is 1. The van der Waals surface area contributed by atoms with Crippen LogP contribution in [-0.2, 0) is 7.05 Å². The van der Waals surface area contributed by atoms with Gasteiger partial charge in [-0.1, -0.05) is 24.3 Å². The number of rotatable bonds is 3. The maximum Gasteiger partial charge on any atom is 0.314 e. The second-order valence-corrected chi connectivity index (χ2v) is 7.60. The number of benzene rings is 1. The first-order valence-electron chi connectivity index (χ1n) is 8.90. The molecule has 1 fully saturated rings. The van der Waals surface area contributed by atoms with Crippen LogP contribution < -0.4 is 15.7 Å². The summed E-state index contributed by atoms with van der Waals surface area (Å²) >= 11 is 1.40. The van der Waals surface area contributed by atoms with Gasteiger partial charge in [0.1, 0.15) is 5.69 Å². The van der Waals surface area contributed by atoms with Crippen LogP contribution in [0.5, 0.6) is 0 Å². The van der Waals surface area contributed by atoms with Gasteiger partial charge >= 0.3 is 5.56 Å². The van der Waals surface area contributed by atoms with E-state index in [9.17, 15) is 20.0 Å². The van der Waals surface area contributed by atoms with Crippen molar-refractivity contribution in [3.8, 4) is 0 Å². The Bertz CT molecular complexity index is 1070. The van der Waals surface area contributed by atoms with E-state index in [0.29, 0.717) is 47.6 Å². The fraction of sp³-hybridized carbons (Fsp3) is 0.263. The maximum absolute atomic E-state index is 12.7. The van der Waals surface area contributed by atoms with Crippen LogP contribution in [0, 0.1) is 10.4 Å². The number of aryl methyl sites for hydroxylation is 1. The number of nitrogens with zero attached hydrogens (tertiary/aromatic N) is 3. The van der Waals surface area contributed by atoms with E-state index >= 15 is 0 Å². The maximum atomic E-state index is 12.7. The highest BCUT2D eigenvalue weighted by atomic mass is 32.1. The molecule has 0 radical (unpaired) electrons. The summed E-state index contributed by atoms with van der Waals surface area (Å²) in [5.74, 6) is -0.0244. The van der Waals surface area contributed by atoms with Crippen LogP contribution in [0.4, 0.5) is 11.4 Å². The third kappa shape index (κ3) is 3.08. The molecule has 3 heterocycles. The van der Waals surface area contributed by atoms with Crippen molar-refractivity contribution >= 4 is 39.5 Å². The highest BCUT2D eigenvalue weighted by Crippen LogP contribution is 2.31. The first-order valence-corrected chi connectivity index (χ1v) is 9.78. The Labute approximate surface area is 165 Å². The monoisotopic (exact) mass is 399 g/mol. The Hall–Kier alpha value is -2.72. The Morgan fingerprint density at radius 1 is 1.07 bits per heavy atom. The predicted molar refractivity (Wildman–Crippen MR) is 109 cm³/mol. The number of aromatic nitrogens is 1. The zero-order valence-electron chi connectivity index (χ0n) is 15.3. The highest BCUT2D eigenvalue weighted by molar-refractivity contribution is 7.12. The molecule has 146 valence electrons. The summed E-state index contributed by atoms with van der Waals surface area (Å²) in [6.07, 6.45) is 0. The van der Waals surface area contributed by atoms with Crippen LogP contribution in [0.25, 0.3) is 10.9 Å². The first-order chi connectivity index (χ1) is 13.5. The molecule has 28 heavy (non-hydrogen) atoms. The van der Waals surface area contributed by atoms with Crippen molar-refractivity contribution in [3.63, 3.8) is 0 Å². The molecule has 1 amide bonds. The van der Waals surface area contributed by atoms with Crippen LogP contribution >= 0.6 is 11.3 Å². The number of hydrogen-bond acceptors (Lipinski definition) is 6. The van der Waals surface area contributed by atoms with Gasteiger partial charge < -0.3 is 30.0 Å². The van der Waals surface area contributed by atoms with Gasteiger partial charge in [-0.15, -0.1) is 11.3 Å². The number of carbonyl (C=O) groups excluding carboxylic acids is 1. The molecule has 0 saturated carbocycles. The van der Waals surface area contributed by atoms with Crippen molar-refractivity contribution < 1.29 is 10.0 Å². The van der Waals surface area contributed by atoms with Crippen LogP contribution in [0.1, 0.15) is 9.67 Å². The lowest BCUT2D eigenvalue weighted by atomic mass is 10.1. The van der Waals surface area contributed by atoms with Gasteiger partial charge in [-0.2, -0.15) is 0 Å². The standard InChI is InChI=1S/C19H19N4O4S/c1-20-14-6-3-2-5-13(14)16(17(19(20)25)23(26)27)21-8-10-22(11-9-21)18(24)15-7-4-12-28-15/h2-7,12,23H,8-11H2,1H3/q-1. The van der Waals surface area contributed by atoms with Crippen molar-refractivity contribution in [1.82, 2.24) is 9.47 Å². The normalized spacial score (nSPS) is 14.9. The van der Waals surface area contributed by atoms with Crippen molar-refractivity contribution in [2.75, 3.05) is 31.1 Å². The number of carbonyl (C=O) groups is 1. The Morgan fingerprint density at radius 2 is 1.79 bits per heavy atom. The molecule has 4 rings (SSSR count). The van der Waals surface area contributed by atoms with Gasteiger partial charge in [-0.3, -0.25) is 9.59 Å². The lowest BCUT2D eigenvalue weighted by Crippen LogP contribution is -2.97. The minimum Gasteiger partial charge on any atom is -0.627 e. The van der Waals surface area contributed by atoms with Crippen molar-refractivity contribution in [3.05, 3.63) is 67.4 Å². The average molecular weight is 399 g/mol. The summed E-state index contributed by atoms with van der Waals surface area (Å²) < 4.78 is 1.33. The smallest absolute Gasteiger partial charge is 0.314 e. The third-order valence-electron chi connectivity index (χ3n) is 5.10. The fourth-order valence-corrected chi connectivity index (χ4v) is 4.37. The third-order valence-corrected chi connectivity index (χ3v) is 5.95. The van der Waals surface area contributed by atoms with Gasteiger partial charge in [0.15, 0.2) is 0 Å². The molecule has 1 aliphatic rings. The number of hydrogen-bond donors (Lipinski definition) is 1. The zero-order chi connectivity index (χ0) is 19.8. The van der Waals surface area contributed by atoms with E-state index in [-0.39, 0.29) is 11.6 Å². The van der Waals surface area contributed by atoms with E-state index in [1.165, 1.54) is 15.9 Å². The number of thiophene rings is 1. The van der Waals surface area contributed by atoms with Gasteiger partial charge in [0, 0.05) is 38.6 Å². The molecule has 0 unspecified atom stereocenters. The molecule has 9 heteroatoms. The molecule has 2 aromatic heterocycles. The minimum atomic E-state index is -1.49. The van der Waals surface area contributed by atoms with E-state index in [1.54, 1.807) is 30.1 Å². The Morgan fingerprint density at radius 3 is 2.43 bits per heavy atom. The topological polar surface area (TPSA) is 96.1 Å². The van der Waals surface area contributed by atoms with Crippen LogP contribution in [0.3, 0.4) is 0 Å². The van der Waals surface area contributed by atoms with E-state index in [1.807, 2.05) is 28.5 Å². The highest BCUT2D eigenvalue weighted by Gasteiger charge is 2.28. The van der Waals surface area contributed by atoms with Gasteiger partial charge in [0.25, 0.3) is 5.91 Å². The van der Waals surface area contributed by atoms with Crippen LogP contribution in [-0.4, -0.2) is 41.6 Å². The SMILES string of the molecule is Cn1c(=O)c([NH+]([O-])[O-])c(N2CCN(C(=O)c3cccs3)CC2)c2ccccc21. The van der Waals surface area contributed by atoms with E-state index in [0.717, 1.165) is 0 Å². The average Bonchev–Trinajstić information content (AvgIpc) is 3.25. The summed E-state index contributed by atoms with van der Waals surface area (Å²) in [5.41, 5.74) is 0.108. The zero-order valence-corrected chi connectivity index (χ0v) is 16.1. The predicted octanol–water partition coefficient (Wildman–Crippen LogP) is 1.07. The van der Waals surface area contributed by atoms with Crippen molar-refractivity contribution in [1.29, 1.82) is 0 Å². The summed E-state index contributed by atoms with van der Waals surface area (Å²) in [6.45, 7) is 1.78. The number of anilines is 1. The molecule has 8 nitrogen and oxygen atoms in total. The van der Waals surface area contributed by atoms with E-state index < -0.39 is 10.8 Å². The molecule has 3 aromatic rings. The van der Waals surface area contributed by atoms with E-state index in [2.05, 4.69) is 0 Å². The van der Waals surface area contributed by atoms with Crippen LogP contribution in [0.15, 0.2) is 46.6 Å². The van der Waals surface area contributed by atoms with Gasteiger partial charge in [0.2, 0.25) is 5.69 Å². The summed E-state index contributed by atoms with van der Waals surface area (Å²) in [7, 11) is 1.55. The largest absolute Gasteiger partial charge is 0.627 e. The number of para-hydroxylation sites is 1. The molecule has 0 aliphatic carbocycles. The fourth-order valence-electron chi connectivity index (χ4n) is 3.68. The van der Waals surface area contributed by atoms with Crippen molar-refractivity contribution in [2.45, 2.75) is 0 Å². The molecule has 1 saturated heterocycles.